The minimum absolute atomic E-state index is 0.0526. The lowest BCUT2D eigenvalue weighted by atomic mass is 9.92. The Kier molecular flexibility index (Phi) is 7.41. The van der Waals surface area contributed by atoms with Crippen molar-refractivity contribution in [1.82, 2.24) is 15.0 Å². The topological polar surface area (TPSA) is 118 Å². The highest BCUT2D eigenvalue weighted by molar-refractivity contribution is 5.94. The number of hydrogen-bond acceptors (Lipinski definition) is 7. The number of carboxylic acids is 1. The van der Waals surface area contributed by atoms with Crippen molar-refractivity contribution in [2.75, 3.05) is 23.3 Å². The summed E-state index contributed by atoms with van der Waals surface area (Å²) in [7, 11) is 0. The van der Waals surface area contributed by atoms with E-state index < -0.39 is 24.1 Å². The first kappa shape index (κ1) is 24.3. The SMILES string of the molecule is Cc1ncccc1NC(=O)[C@H]1C[C@@H]2CCN(c3ncc(F)cn3)C[C@@H]2O1.O=C(O)C(F)(F)F. The first-order chi connectivity index (χ1) is 15.5. The Bertz CT molecular complexity index is 989. The number of amides is 1. The number of nitrogens with one attached hydrogen (secondary N) is 1. The second kappa shape index (κ2) is 10.1. The van der Waals surface area contributed by atoms with Crippen molar-refractivity contribution in [3.05, 3.63) is 42.2 Å². The summed E-state index contributed by atoms with van der Waals surface area (Å²) < 4.78 is 50.7. The third-order valence-electron chi connectivity index (χ3n) is 5.24. The summed E-state index contributed by atoms with van der Waals surface area (Å²) in [5.41, 5.74) is 1.48. The fraction of sp³-hybridized carbons (Fsp3) is 0.450. The first-order valence-corrected chi connectivity index (χ1v) is 9.95. The van der Waals surface area contributed by atoms with Crippen LogP contribution in [0.25, 0.3) is 0 Å². The van der Waals surface area contributed by atoms with E-state index in [1.54, 1.807) is 12.3 Å². The number of halogens is 4. The summed E-state index contributed by atoms with van der Waals surface area (Å²) >= 11 is 0. The van der Waals surface area contributed by atoms with Crippen LogP contribution in [0.15, 0.2) is 30.7 Å². The summed E-state index contributed by atoms with van der Waals surface area (Å²) in [5, 5.41) is 10.0. The minimum atomic E-state index is -5.08. The van der Waals surface area contributed by atoms with Gasteiger partial charge in [0, 0.05) is 19.3 Å². The third-order valence-corrected chi connectivity index (χ3v) is 5.24. The number of hydrogen-bond donors (Lipinski definition) is 2. The van der Waals surface area contributed by atoms with Crippen LogP contribution < -0.4 is 10.2 Å². The van der Waals surface area contributed by atoms with Crippen molar-refractivity contribution >= 4 is 23.5 Å². The molecule has 0 aliphatic carbocycles. The highest BCUT2D eigenvalue weighted by Gasteiger charge is 2.42. The van der Waals surface area contributed by atoms with Crippen LogP contribution in [-0.4, -0.2) is 63.4 Å². The molecule has 2 saturated heterocycles. The molecule has 4 heterocycles. The zero-order valence-electron chi connectivity index (χ0n) is 17.4. The van der Waals surface area contributed by atoms with E-state index in [2.05, 4.69) is 20.3 Å². The standard InChI is InChI=1S/C18H20FN5O2.C2HF3O2/c1-11-14(3-2-5-20-11)23-17(25)15-7-12-4-6-24(10-16(12)26-15)18-21-8-13(19)9-22-18;3-2(4,5)1(6)7/h2-3,5,8-9,12,15-16H,4,6-7,10H2,1H3,(H,23,25);(H,6,7)/t12-,15+,16-;/m0./s1. The molecular weight excluding hydrogens is 450 g/mol. The lowest BCUT2D eigenvalue weighted by Gasteiger charge is -2.33. The molecule has 1 amide bonds. The van der Waals surface area contributed by atoms with Gasteiger partial charge >= 0.3 is 12.1 Å². The maximum absolute atomic E-state index is 13.0. The van der Waals surface area contributed by atoms with Crippen LogP contribution in [0.3, 0.4) is 0 Å². The zero-order valence-corrected chi connectivity index (χ0v) is 17.4. The molecule has 2 aliphatic heterocycles. The molecule has 3 atom stereocenters. The van der Waals surface area contributed by atoms with E-state index in [1.807, 2.05) is 17.9 Å². The molecule has 13 heteroatoms. The van der Waals surface area contributed by atoms with E-state index >= 15 is 0 Å². The minimum Gasteiger partial charge on any atom is -0.475 e. The lowest BCUT2D eigenvalue weighted by Crippen LogP contribution is -2.43. The number of piperidine rings is 1. The van der Waals surface area contributed by atoms with E-state index in [0.717, 1.165) is 31.1 Å². The molecule has 2 N–H and O–H groups in total. The van der Waals surface area contributed by atoms with Crippen LogP contribution in [-0.2, 0) is 14.3 Å². The number of rotatable bonds is 3. The fourth-order valence-electron chi connectivity index (χ4n) is 3.58. The van der Waals surface area contributed by atoms with Crippen molar-refractivity contribution in [3.63, 3.8) is 0 Å². The summed E-state index contributed by atoms with van der Waals surface area (Å²) in [6.45, 7) is 3.23. The second-order valence-corrected chi connectivity index (χ2v) is 7.52. The van der Waals surface area contributed by atoms with Crippen molar-refractivity contribution < 1.29 is 37.0 Å². The molecule has 0 unspecified atom stereocenters. The van der Waals surface area contributed by atoms with Crippen molar-refractivity contribution in [2.24, 2.45) is 5.92 Å². The number of alkyl halides is 3. The molecule has 2 aromatic heterocycles. The van der Waals surface area contributed by atoms with Crippen molar-refractivity contribution in [2.45, 2.75) is 38.1 Å². The Balaban J connectivity index is 0.000000383. The van der Waals surface area contributed by atoms with Gasteiger partial charge in [0.05, 0.1) is 29.9 Å². The van der Waals surface area contributed by atoms with Gasteiger partial charge in [-0.25, -0.2) is 19.2 Å². The number of carboxylic acid groups (broad SMARTS) is 1. The molecule has 178 valence electrons. The fourth-order valence-corrected chi connectivity index (χ4v) is 3.58. The highest BCUT2D eigenvalue weighted by Crippen LogP contribution is 2.34. The number of aryl methyl sites for hydroxylation is 1. The zero-order chi connectivity index (χ0) is 24.2. The second-order valence-electron chi connectivity index (χ2n) is 7.52. The van der Waals surface area contributed by atoms with Gasteiger partial charge in [-0.05, 0) is 37.8 Å². The normalized spacial score (nSPS) is 22.1. The molecular formula is C20H21F4N5O4. The van der Waals surface area contributed by atoms with E-state index in [0.29, 0.717) is 30.5 Å². The van der Waals surface area contributed by atoms with Gasteiger partial charge in [0.15, 0.2) is 5.82 Å². The van der Waals surface area contributed by atoms with Gasteiger partial charge in [-0.15, -0.1) is 0 Å². The predicted molar refractivity (Wildman–Crippen MR) is 107 cm³/mol. The number of ether oxygens (including phenoxy) is 1. The van der Waals surface area contributed by atoms with Gasteiger partial charge in [0.1, 0.15) is 6.10 Å². The smallest absolute Gasteiger partial charge is 0.475 e. The maximum Gasteiger partial charge on any atom is 0.490 e. The van der Waals surface area contributed by atoms with E-state index in [1.165, 1.54) is 0 Å². The van der Waals surface area contributed by atoms with Gasteiger partial charge in [-0.2, -0.15) is 13.2 Å². The Morgan fingerprint density at radius 3 is 2.52 bits per heavy atom. The number of aromatic nitrogens is 3. The Labute approximate surface area is 185 Å². The largest absolute Gasteiger partial charge is 0.490 e. The van der Waals surface area contributed by atoms with E-state index in [9.17, 15) is 22.4 Å². The molecule has 0 radical (unpaired) electrons. The van der Waals surface area contributed by atoms with Crippen LogP contribution in [0, 0.1) is 18.7 Å². The average molecular weight is 471 g/mol. The summed E-state index contributed by atoms with van der Waals surface area (Å²) in [5.74, 6) is -2.53. The summed E-state index contributed by atoms with van der Waals surface area (Å²) in [6, 6.07) is 3.62. The molecule has 2 fully saturated rings. The van der Waals surface area contributed by atoms with Gasteiger partial charge in [0.2, 0.25) is 5.95 Å². The average Bonchev–Trinajstić information content (AvgIpc) is 3.19. The van der Waals surface area contributed by atoms with E-state index in [4.69, 9.17) is 14.6 Å². The summed E-state index contributed by atoms with van der Waals surface area (Å²) in [6.07, 6.45) is 0.00127. The Hall–Kier alpha value is -3.35. The van der Waals surface area contributed by atoms with Gasteiger partial charge < -0.3 is 20.1 Å². The number of fused-ring (bicyclic) bond motifs is 1. The monoisotopic (exact) mass is 471 g/mol. The molecule has 0 aromatic carbocycles. The third kappa shape index (κ3) is 6.34. The molecule has 33 heavy (non-hydrogen) atoms. The number of nitrogens with zero attached hydrogens (tertiary/aromatic N) is 4. The first-order valence-electron chi connectivity index (χ1n) is 9.95. The molecule has 0 bridgehead atoms. The van der Waals surface area contributed by atoms with Crippen LogP contribution >= 0.6 is 0 Å². The van der Waals surface area contributed by atoms with Crippen LogP contribution in [0.1, 0.15) is 18.5 Å². The Morgan fingerprint density at radius 2 is 1.91 bits per heavy atom. The van der Waals surface area contributed by atoms with Crippen LogP contribution in [0.4, 0.5) is 29.2 Å². The molecule has 0 spiro atoms. The van der Waals surface area contributed by atoms with E-state index in [-0.39, 0.29) is 12.0 Å². The number of carbonyl (C=O) groups is 2. The molecule has 2 aromatic rings. The van der Waals surface area contributed by atoms with Gasteiger partial charge in [-0.1, -0.05) is 0 Å². The van der Waals surface area contributed by atoms with Crippen molar-refractivity contribution in [3.8, 4) is 0 Å². The lowest BCUT2D eigenvalue weighted by molar-refractivity contribution is -0.192. The molecule has 2 aliphatic rings. The number of pyridine rings is 1. The molecule has 9 nitrogen and oxygen atoms in total. The Morgan fingerprint density at radius 1 is 1.24 bits per heavy atom. The quantitative estimate of drug-likeness (QED) is 0.656. The van der Waals surface area contributed by atoms with Crippen LogP contribution in [0.2, 0.25) is 0 Å². The van der Waals surface area contributed by atoms with Crippen LogP contribution in [0.5, 0.6) is 0 Å². The molecule has 4 rings (SSSR count). The molecule has 0 saturated carbocycles. The predicted octanol–water partition coefficient (Wildman–Crippen LogP) is 2.57. The number of anilines is 2. The van der Waals surface area contributed by atoms with Gasteiger partial charge in [-0.3, -0.25) is 9.78 Å². The van der Waals surface area contributed by atoms with Crippen molar-refractivity contribution in [1.29, 1.82) is 0 Å². The van der Waals surface area contributed by atoms with Gasteiger partial charge in [0.25, 0.3) is 5.91 Å². The highest BCUT2D eigenvalue weighted by atomic mass is 19.4. The summed E-state index contributed by atoms with van der Waals surface area (Å²) in [4.78, 5) is 35.7. The maximum atomic E-state index is 13.0. The number of aliphatic carboxylic acids is 1. The number of carbonyl (C=O) groups excluding carboxylic acids is 1.